The fourth-order valence-electron chi connectivity index (χ4n) is 6.15. The van der Waals surface area contributed by atoms with Crippen molar-refractivity contribution in [2.45, 2.75) is 56.8 Å². The van der Waals surface area contributed by atoms with Gasteiger partial charge in [0.2, 0.25) is 11.9 Å². The van der Waals surface area contributed by atoms with Gasteiger partial charge in [-0.05, 0) is 68.3 Å². The molecule has 0 radical (unpaired) electrons. The van der Waals surface area contributed by atoms with Gasteiger partial charge in [-0.3, -0.25) is 14.8 Å². The number of aromatic nitrogens is 4. The van der Waals surface area contributed by atoms with E-state index in [1.54, 1.807) is 4.68 Å². The van der Waals surface area contributed by atoms with Crippen LogP contribution in [0.15, 0.2) is 18.6 Å². The first kappa shape index (κ1) is 16.1. The van der Waals surface area contributed by atoms with Crippen molar-refractivity contribution in [2.24, 2.45) is 24.8 Å². The van der Waals surface area contributed by atoms with Crippen LogP contribution in [0.25, 0.3) is 0 Å². The van der Waals surface area contributed by atoms with Crippen molar-refractivity contribution in [3.8, 4) is 0 Å². The first-order chi connectivity index (χ1) is 12.6. The van der Waals surface area contributed by atoms with Crippen LogP contribution in [0.1, 0.15) is 56.2 Å². The number of carbonyl (C=O) groups excluding carboxylic acids is 1. The van der Waals surface area contributed by atoms with Crippen molar-refractivity contribution < 1.29 is 4.79 Å². The van der Waals surface area contributed by atoms with Gasteiger partial charge in [0.15, 0.2) is 0 Å². The number of amides is 1. The van der Waals surface area contributed by atoms with Crippen molar-refractivity contribution in [2.75, 3.05) is 5.32 Å². The van der Waals surface area contributed by atoms with Gasteiger partial charge in [-0.1, -0.05) is 0 Å². The van der Waals surface area contributed by atoms with Crippen LogP contribution >= 0.6 is 0 Å². The average molecular weight is 353 g/mol. The number of carbonyl (C=O) groups is 1. The fraction of sp³-hybridized carbons (Fsp3) is 0.650. The molecule has 0 spiro atoms. The largest absolute Gasteiger partial charge is 0.327 e. The number of anilines is 1. The third-order valence-electron chi connectivity index (χ3n) is 6.84. The molecule has 2 aromatic heterocycles. The Morgan fingerprint density at radius 1 is 1.23 bits per heavy atom. The number of aryl methyl sites for hydroxylation is 2. The molecule has 0 aliphatic heterocycles. The van der Waals surface area contributed by atoms with Crippen LogP contribution in [0.5, 0.6) is 0 Å². The maximum atomic E-state index is 12.3. The Kier molecular flexibility index (Phi) is 3.69. The highest BCUT2D eigenvalue weighted by molar-refractivity contribution is 5.89. The molecule has 26 heavy (non-hydrogen) atoms. The second kappa shape index (κ2) is 5.96. The van der Waals surface area contributed by atoms with Gasteiger partial charge in [0.05, 0.1) is 12.4 Å². The van der Waals surface area contributed by atoms with E-state index in [9.17, 15) is 4.79 Å². The molecular formula is C20H27N5O. The van der Waals surface area contributed by atoms with Crippen LogP contribution in [0, 0.1) is 17.8 Å². The van der Waals surface area contributed by atoms with E-state index in [2.05, 4.69) is 20.4 Å². The van der Waals surface area contributed by atoms with Gasteiger partial charge in [-0.25, -0.2) is 4.98 Å². The lowest BCUT2D eigenvalue weighted by Crippen LogP contribution is -2.48. The predicted octanol–water partition coefficient (Wildman–Crippen LogP) is 3.18. The molecule has 6 nitrogen and oxygen atoms in total. The van der Waals surface area contributed by atoms with Crippen molar-refractivity contribution in [1.82, 2.24) is 19.7 Å². The molecule has 2 aromatic rings. The smallest absolute Gasteiger partial charge is 0.227 e. The highest BCUT2D eigenvalue weighted by Crippen LogP contribution is 2.60. The minimum atomic E-state index is 0.000245. The van der Waals surface area contributed by atoms with Gasteiger partial charge in [-0.15, -0.1) is 0 Å². The Balaban J connectivity index is 1.23. The van der Waals surface area contributed by atoms with Gasteiger partial charge in [-0.2, -0.15) is 5.10 Å². The van der Waals surface area contributed by atoms with Crippen molar-refractivity contribution in [3.05, 3.63) is 29.8 Å². The number of rotatable bonds is 5. The minimum Gasteiger partial charge on any atom is -0.327 e. The molecule has 4 bridgehead atoms. The van der Waals surface area contributed by atoms with Crippen LogP contribution in [0.2, 0.25) is 0 Å². The van der Waals surface area contributed by atoms with Crippen LogP contribution in [0.3, 0.4) is 0 Å². The van der Waals surface area contributed by atoms with Crippen molar-refractivity contribution in [3.63, 3.8) is 0 Å². The zero-order valence-corrected chi connectivity index (χ0v) is 15.4. The summed E-state index contributed by atoms with van der Waals surface area (Å²) in [6, 6.07) is 0. The molecule has 4 aliphatic rings. The first-order valence-electron chi connectivity index (χ1n) is 9.91. The lowest BCUT2D eigenvalue weighted by molar-refractivity contribution is -0.116. The lowest BCUT2D eigenvalue weighted by Gasteiger charge is -2.56. The Hall–Kier alpha value is -2.11. The van der Waals surface area contributed by atoms with Crippen LogP contribution in [-0.2, 0) is 23.7 Å². The van der Waals surface area contributed by atoms with Gasteiger partial charge in [0, 0.05) is 30.8 Å². The third kappa shape index (κ3) is 2.85. The van der Waals surface area contributed by atoms with E-state index in [0.717, 1.165) is 23.3 Å². The number of H-pyrrole nitrogens is 1. The highest BCUT2D eigenvalue weighted by Gasteiger charge is 2.52. The fourth-order valence-corrected chi connectivity index (χ4v) is 6.15. The molecular weight excluding hydrogens is 326 g/mol. The summed E-state index contributed by atoms with van der Waals surface area (Å²) in [5.74, 6) is 3.32. The summed E-state index contributed by atoms with van der Waals surface area (Å²) in [6.07, 6.45) is 15.1. The van der Waals surface area contributed by atoms with Gasteiger partial charge in [0.25, 0.3) is 0 Å². The SMILES string of the molecule is Cn1cc(CCC(=O)Nc2ncc(C34CC5CC(CC(C5)C3)C4)[nH]2)cn1. The Bertz CT molecular complexity index is 785. The van der Waals surface area contributed by atoms with E-state index in [1.165, 1.54) is 44.2 Å². The molecule has 4 fully saturated rings. The molecule has 2 N–H and O–H groups in total. The monoisotopic (exact) mass is 353 g/mol. The second-order valence-corrected chi connectivity index (χ2v) is 8.91. The second-order valence-electron chi connectivity index (χ2n) is 8.91. The van der Waals surface area contributed by atoms with E-state index in [1.807, 2.05) is 25.6 Å². The molecule has 2 heterocycles. The number of nitrogens with zero attached hydrogens (tertiary/aromatic N) is 3. The normalized spacial score (nSPS) is 32.1. The van der Waals surface area contributed by atoms with Gasteiger partial charge < -0.3 is 4.98 Å². The van der Waals surface area contributed by atoms with Gasteiger partial charge in [0.1, 0.15) is 0 Å². The van der Waals surface area contributed by atoms with Crippen LogP contribution in [0.4, 0.5) is 5.95 Å². The Labute approximate surface area is 153 Å². The molecule has 6 heteroatoms. The Morgan fingerprint density at radius 3 is 2.54 bits per heavy atom. The first-order valence-corrected chi connectivity index (χ1v) is 9.91. The minimum absolute atomic E-state index is 0.000245. The summed E-state index contributed by atoms with van der Waals surface area (Å²) in [6.45, 7) is 0. The van der Waals surface area contributed by atoms with E-state index < -0.39 is 0 Å². The number of hydrogen-bond acceptors (Lipinski definition) is 3. The summed E-state index contributed by atoms with van der Waals surface area (Å²) in [5.41, 5.74) is 2.62. The quantitative estimate of drug-likeness (QED) is 0.867. The summed E-state index contributed by atoms with van der Waals surface area (Å²) >= 11 is 0. The maximum absolute atomic E-state index is 12.3. The van der Waals surface area contributed by atoms with Crippen molar-refractivity contribution in [1.29, 1.82) is 0 Å². The topological polar surface area (TPSA) is 75.6 Å². The van der Waals surface area contributed by atoms with Crippen LogP contribution in [-0.4, -0.2) is 25.7 Å². The van der Waals surface area contributed by atoms with E-state index in [4.69, 9.17) is 0 Å². The van der Waals surface area contributed by atoms with E-state index in [0.29, 0.717) is 24.2 Å². The average Bonchev–Trinajstić information content (AvgIpc) is 3.21. The van der Waals surface area contributed by atoms with E-state index >= 15 is 0 Å². The van der Waals surface area contributed by atoms with Gasteiger partial charge >= 0.3 is 0 Å². The molecule has 4 saturated carbocycles. The molecule has 6 rings (SSSR count). The molecule has 0 atom stereocenters. The maximum Gasteiger partial charge on any atom is 0.227 e. The number of nitrogens with one attached hydrogen (secondary N) is 2. The Morgan fingerprint density at radius 2 is 1.92 bits per heavy atom. The zero-order valence-electron chi connectivity index (χ0n) is 15.4. The zero-order chi connectivity index (χ0) is 17.7. The summed E-state index contributed by atoms with van der Waals surface area (Å²) < 4.78 is 1.76. The van der Waals surface area contributed by atoms with Crippen molar-refractivity contribution >= 4 is 11.9 Å². The third-order valence-corrected chi connectivity index (χ3v) is 6.84. The molecule has 1 amide bonds. The molecule has 0 unspecified atom stereocenters. The van der Waals surface area contributed by atoms with Crippen LogP contribution < -0.4 is 5.32 Å². The molecule has 0 aromatic carbocycles. The highest BCUT2D eigenvalue weighted by atomic mass is 16.1. The lowest BCUT2D eigenvalue weighted by atomic mass is 9.49. The number of hydrogen-bond donors (Lipinski definition) is 2. The summed E-state index contributed by atoms with van der Waals surface area (Å²) in [7, 11) is 1.89. The summed E-state index contributed by atoms with van der Waals surface area (Å²) in [5, 5.41) is 7.08. The standard InChI is InChI=1S/C20H27N5O/c1-25-12-13(10-22-25)2-3-18(26)24-19-21-11-17(23-19)20-7-14-4-15(8-20)6-16(5-14)9-20/h10-12,14-16H,2-9H2,1H3,(H2,21,23,24,26). The molecule has 0 saturated heterocycles. The van der Waals surface area contributed by atoms with E-state index in [-0.39, 0.29) is 5.91 Å². The number of aromatic amines is 1. The predicted molar refractivity (Wildman–Crippen MR) is 98.6 cm³/mol. The molecule has 4 aliphatic carbocycles. The summed E-state index contributed by atoms with van der Waals surface area (Å²) in [4.78, 5) is 20.2. The molecule has 138 valence electrons. The number of imidazole rings is 1.